The molecular weight excluding hydrogens is 248 g/mol. The summed E-state index contributed by atoms with van der Waals surface area (Å²) in [6.45, 7) is 0.808. The third kappa shape index (κ3) is 2.21. The Morgan fingerprint density at radius 2 is 2.37 bits per heavy atom. The van der Waals surface area contributed by atoms with Crippen LogP contribution in [0.4, 0.5) is 4.79 Å². The standard InChI is InChI=1S/C13H14N2O4/c16-12(17)7-15-6-10(14-13(15)18)8-1-2-11-9(5-8)3-4-19-11/h1-2,5,10H,3-4,6-7H2,(H,14,18)(H,16,17). The van der Waals surface area contributed by atoms with Crippen molar-refractivity contribution in [2.75, 3.05) is 19.7 Å². The van der Waals surface area contributed by atoms with Gasteiger partial charge < -0.3 is 20.1 Å². The van der Waals surface area contributed by atoms with Crippen LogP contribution in [-0.4, -0.2) is 41.7 Å². The Bertz CT molecular complexity index is 543. The highest BCUT2D eigenvalue weighted by molar-refractivity contribution is 5.82. The lowest BCUT2D eigenvalue weighted by molar-refractivity contribution is -0.137. The molecule has 0 saturated carbocycles. The van der Waals surface area contributed by atoms with Crippen LogP contribution in [0.2, 0.25) is 0 Å². The molecule has 0 aromatic heterocycles. The third-order valence-corrected chi connectivity index (χ3v) is 3.43. The van der Waals surface area contributed by atoms with E-state index in [0.29, 0.717) is 13.2 Å². The van der Waals surface area contributed by atoms with Crippen LogP contribution in [0, 0.1) is 0 Å². The van der Waals surface area contributed by atoms with E-state index in [0.717, 1.165) is 23.3 Å². The van der Waals surface area contributed by atoms with Crippen molar-refractivity contribution in [1.82, 2.24) is 10.2 Å². The van der Waals surface area contributed by atoms with Crippen molar-refractivity contribution in [2.24, 2.45) is 0 Å². The zero-order valence-corrected chi connectivity index (χ0v) is 10.3. The molecule has 2 amide bonds. The van der Waals surface area contributed by atoms with E-state index in [4.69, 9.17) is 9.84 Å². The number of ether oxygens (including phenoxy) is 1. The number of nitrogens with zero attached hydrogens (tertiary/aromatic N) is 1. The minimum absolute atomic E-state index is 0.155. The number of carboxylic acid groups (broad SMARTS) is 1. The zero-order valence-electron chi connectivity index (χ0n) is 10.3. The molecule has 1 unspecified atom stereocenters. The molecule has 2 N–H and O–H groups in total. The molecule has 0 radical (unpaired) electrons. The summed E-state index contributed by atoms with van der Waals surface area (Å²) in [5.74, 6) is -0.103. The first-order valence-electron chi connectivity index (χ1n) is 6.16. The summed E-state index contributed by atoms with van der Waals surface area (Å²) in [4.78, 5) is 23.6. The fourth-order valence-electron chi connectivity index (χ4n) is 2.50. The Hall–Kier alpha value is -2.24. The van der Waals surface area contributed by atoms with Gasteiger partial charge in [0.2, 0.25) is 0 Å². The Balaban J connectivity index is 1.77. The minimum atomic E-state index is -1.00. The average molecular weight is 262 g/mol. The number of hydrogen-bond donors (Lipinski definition) is 2. The number of carbonyl (C=O) groups excluding carboxylic acids is 1. The molecule has 1 saturated heterocycles. The van der Waals surface area contributed by atoms with Crippen molar-refractivity contribution in [3.8, 4) is 5.75 Å². The molecule has 6 nitrogen and oxygen atoms in total. The van der Waals surface area contributed by atoms with Gasteiger partial charge in [0.25, 0.3) is 0 Å². The number of rotatable bonds is 3. The highest BCUT2D eigenvalue weighted by atomic mass is 16.5. The molecule has 0 aliphatic carbocycles. The monoisotopic (exact) mass is 262 g/mol. The fraction of sp³-hybridized carbons (Fsp3) is 0.385. The van der Waals surface area contributed by atoms with E-state index in [1.807, 2.05) is 18.2 Å². The number of fused-ring (bicyclic) bond motifs is 1. The molecule has 0 bridgehead atoms. The molecule has 2 heterocycles. The normalized spacial score (nSPS) is 20.9. The second-order valence-electron chi connectivity index (χ2n) is 4.74. The molecule has 2 aliphatic heterocycles. The maximum absolute atomic E-state index is 11.7. The maximum Gasteiger partial charge on any atom is 0.323 e. The van der Waals surface area contributed by atoms with Crippen molar-refractivity contribution in [3.05, 3.63) is 29.3 Å². The first-order valence-corrected chi connectivity index (χ1v) is 6.16. The quantitative estimate of drug-likeness (QED) is 0.843. The summed E-state index contributed by atoms with van der Waals surface area (Å²) in [6.07, 6.45) is 0.878. The second-order valence-corrected chi connectivity index (χ2v) is 4.74. The Morgan fingerprint density at radius 3 is 3.16 bits per heavy atom. The molecule has 19 heavy (non-hydrogen) atoms. The van der Waals surface area contributed by atoms with Crippen molar-refractivity contribution in [1.29, 1.82) is 0 Å². The van der Waals surface area contributed by atoms with Crippen molar-refractivity contribution in [3.63, 3.8) is 0 Å². The molecule has 1 fully saturated rings. The van der Waals surface area contributed by atoms with Gasteiger partial charge in [0, 0.05) is 13.0 Å². The highest BCUT2D eigenvalue weighted by Crippen LogP contribution is 2.29. The lowest BCUT2D eigenvalue weighted by Crippen LogP contribution is -2.32. The number of urea groups is 1. The van der Waals surface area contributed by atoms with Gasteiger partial charge in [-0.2, -0.15) is 0 Å². The van der Waals surface area contributed by atoms with Gasteiger partial charge in [-0.05, 0) is 23.3 Å². The lowest BCUT2D eigenvalue weighted by atomic mass is 10.0. The van der Waals surface area contributed by atoms with Gasteiger partial charge in [0.15, 0.2) is 0 Å². The van der Waals surface area contributed by atoms with E-state index in [1.54, 1.807) is 0 Å². The average Bonchev–Trinajstić information content (AvgIpc) is 2.95. The second kappa shape index (κ2) is 4.46. The Labute approximate surface area is 110 Å². The van der Waals surface area contributed by atoms with E-state index in [-0.39, 0.29) is 18.6 Å². The van der Waals surface area contributed by atoms with Crippen LogP contribution in [-0.2, 0) is 11.2 Å². The first kappa shape index (κ1) is 11.8. The molecule has 1 aromatic rings. The predicted octanol–water partition coefficient (Wildman–Crippen LogP) is 0.772. The van der Waals surface area contributed by atoms with Gasteiger partial charge in [-0.15, -0.1) is 0 Å². The van der Waals surface area contributed by atoms with Gasteiger partial charge in [-0.25, -0.2) is 4.79 Å². The summed E-state index contributed by atoms with van der Waals surface area (Å²) < 4.78 is 5.44. The molecule has 1 atom stereocenters. The number of benzene rings is 1. The van der Waals surface area contributed by atoms with Crippen molar-refractivity contribution >= 4 is 12.0 Å². The van der Waals surface area contributed by atoms with E-state index < -0.39 is 5.97 Å². The van der Waals surface area contributed by atoms with E-state index in [9.17, 15) is 9.59 Å². The molecule has 100 valence electrons. The molecule has 0 spiro atoms. The van der Waals surface area contributed by atoms with Crippen LogP contribution in [0.15, 0.2) is 18.2 Å². The summed E-state index contributed by atoms with van der Waals surface area (Å²) in [5, 5.41) is 11.5. The van der Waals surface area contributed by atoms with Gasteiger partial charge >= 0.3 is 12.0 Å². The summed E-state index contributed by atoms with van der Waals surface area (Å²) in [6, 6.07) is 5.36. The molecule has 6 heteroatoms. The SMILES string of the molecule is O=C(O)CN1CC(c2ccc3c(c2)CCO3)NC1=O. The van der Waals surface area contributed by atoms with Crippen LogP contribution in [0.5, 0.6) is 5.75 Å². The lowest BCUT2D eigenvalue weighted by Gasteiger charge is -2.12. The number of aliphatic carboxylic acids is 1. The Kier molecular flexibility index (Phi) is 2.77. The Morgan fingerprint density at radius 1 is 1.53 bits per heavy atom. The number of hydrogen-bond acceptors (Lipinski definition) is 3. The van der Waals surface area contributed by atoms with Crippen molar-refractivity contribution in [2.45, 2.75) is 12.5 Å². The number of amides is 2. The minimum Gasteiger partial charge on any atom is -0.493 e. The van der Waals surface area contributed by atoms with E-state index >= 15 is 0 Å². The number of carboxylic acids is 1. The van der Waals surface area contributed by atoms with E-state index in [1.165, 1.54) is 4.90 Å². The van der Waals surface area contributed by atoms with Crippen LogP contribution in [0.3, 0.4) is 0 Å². The van der Waals surface area contributed by atoms with Crippen LogP contribution in [0.25, 0.3) is 0 Å². The van der Waals surface area contributed by atoms with Crippen molar-refractivity contribution < 1.29 is 19.4 Å². The highest BCUT2D eigenvalue weighted by Gasteiger charge is 2.31. The van der Waals surface area contributed by atoms with Gasteiger partial charge in [-0.1, -0.05) is 6.07 Å². The first-order chi connectivity index (χ1) is 9.13. The van der Waals surface area contributed by atoms with Crippen LogP contribution in [0.1, 0.15) is 17.2 Å². The largest absolute Gasteiger partial charge is 0.493 e. The number of nitrogens with one attached hydrogen (secondary N) is 1. The molecular formula is C13H14N2O4. The summed E-state index contributed by atoms with van der Waals surface area (Å²) in [7, 11) is 0. The summed E-state index contributed by atoms with van der Waals surface area (Å²) in [5.41, 5.74) is 2.13. The van der Waals surface area contributed by atoms with Gasteiger partial charge in [0.05, 0.1) is 12.6 Å². The topological polar surface area (TPSA) is 78.9 Å². The maximum atomic E-state index is 11.7. The molecule has 1 aromatic carbocycles. The zero-order chi connectivity index (χ0) is 13.4. The summed E-state index contributed by atoms with van der Waals surface area (Å²) >= 11 is 0. The van der Waals surface area contributed by atoms with Crippen LogP contribution >= 0.6 is 0 Å². The fourth-order valence-corrected chi connectivity index (χ4v) is 2.50. The molecule has 2 aliphatic rings. The third-order valence-electron chi connectivity index (χ3n) is 3.43. The predicted molar refractivity (Wildman–Crippen MR) is 66.1 cm³/mol. The van der Waals surface area contributed by atoms with Gasteiger partial charge in [-0.3, -0.25) is 4.79 Å². The van der Waals surface area contributed by atoms with Crippen LogP contribution < -0.4 is 10.1 Å². The number of carbonyl (C=O) groups is 2. The smallest absolute Gasteiger partial charge is 0.323 e. The van der Waals surface area contributed by atoms with E-state index in [2.05, 4.69) is 5.32 Å². The van der Waals surface area contributed by atoms with Gasteiger partial charge in [0.1, 0.15) is 12.3 Å². The molecule has 3 rings (SSSR count).